The Labute approximate surface area is 113 Å². The van der Waals surface area contributed by atoms with E-state index in [4.69, 9.17) is 10.3 Å². The Kier molecular flexibility index (Phi) is 4.24. The highest BCUT2D eigenvalue weighted by atomic mass is 32.2. The molecule has 0 fully saturated rings. The van der Waals surface area contributed by atoms with Crippen LogP contribution in [-0.2, 0) is 4.79 Å². The molecular weight excluding hydrogens is 266 g/mol. The number of hydrogen-bond donors (Lipinski definition) is 2. The summed E-state index contributed by atoms with van der Waals surface area (Å²) in [4.78, 5) is 11.4. The lowest BCUT2D eigenvalue weighted by Gasteiger charge is -2.02. The zero-order chi connectivity index (χ0) is 13.7. The largest absolute Gasteiger partial charge is 0.461 e. The molecule has 2 aromatic heterocycles. The Hall–Kier alpha value is -2.22. The molecule has 1 amide bonds. The first-order valence-corrected chi connectivity index (χ1v) is 6.45. The molecule has 0 spiro atoms. The number of nitrogen functional groups attached to an aromatic ring is 1. The van der Waals surface area contributed by atoms with Gasteiger partial charge in [-0.05, 0) is 12.1 Å². The summed E-state index contributed by atoms with van der Waals surface area (Å²) in [5, 5.41) is 10.9. The summed E-state index contributed by atoms with van der Waals surface area (Å²) in [7, 11) is 0. The molecule has 0 saturated carbocycles. The van der Waals surface area contributed by atoms with E-state index in [9.17, 15) is 4.79 Å². The van der Waals surface area contributed by atoms with Crippen molar-refractivity contribution in [3.63, 3.8) is 0 Å². The van der Waals surface area contributed by atoms with E-state index in [-0.39, 0.29) is 11.7 Å². The number of amides is 1. The van der Waals surface area contributed by atoms with Crippen LogP contribution in [0.15, 0.2) is 40.6 Å². The monoisotopic (exact) mass is 279 g/mol. The van der Waals surface area contributed by atoms with Crippen molar-refractivity contribution >= 4 is 17.7 Å². The molecule has 0 saturated heterocycles. The maximum absolute atomic E-state index is 11.4. The number of aromatic nitrogens is 3. The normalized spacial score (nSPS) is 10.3. The van der Waals surface area contributed by atoms with Gasteiger partial charge in [-0.1, -0.05) is 17.8 Å². The molecule has 3 N–H and O–H groups in total. The minimum atomic E-state index is -0.118. The van der Waals surface area contributed by atoms with E-state index in [2.05, 4.69) is 22.1 Å². The number of nitrogens with one attached hydrogen (secondary N) is 1. The van der Waals surface area contributed by atoms with Gasteiger partial charge < -0.3 is 15.6 Å². The third kappa shape index (κ3) is 3.16. The number of hydrogen-bond acceptors (Lipinski definition) is 6. The molecule has 0 radical (unpaired) electrons. The van der Waals surface area contributed by atoms with Gasteiger partial charge in [-0.25, -0.2) is 4.68 Å². The second-order valence-electron chi connectivity index (χ2n) is 3.53. The summed E-state index contributed by atoms with van der Waals surface area (Å²) in [6.45, 7) is 3.96. The van der Waals surface area contributed by atoms with Crippen molar-refractivity contribution in [3.8, 4) is 11.6 Å². The second-order valence-corrected chi connectivity index (χ2v) is 4.48. The minimum absolute atomic E-state index is 0.118. The highest BCUT2D eigenvalue weighted by Gasteiger charge is 2.15. The number of rotatable bonds is 6. The smallest absolute Gasteiger partial charge is 0.230 e. The van der Waals surface area contributed by atoms with Crippen molar-refractivity contribution in [1.29, 1.82) is 0 Å². The van der Waals surface area contributed by atoms with Gasteiger partial charge in [-0.15, -0.1) is 16.8 Å². The fourth-order valence-corrected chi connectivity index (χ4v) is 2.00. The molecule has 7 nitrogen and oxygen atoms in total. The molecule has 0 bridgehead atoms. The van der Waals surface area contributed by atoms with Crippen LogP contribution in [0.3, 0.4) is 0 Å². The van der Waals surface area contributed by atoms with Crippen LogP contribution in [0.1, 0.15) is 0 Å². The van der Waals surface area contributed by atoms with Gasteiger partial charge in [0.15, 0.2) is 5.76 Å². The van der Waals surface area contributed by atoms with E-state index < -0.39 is 0 Å². The first-order valence-electron chi connectivity index (χ1n) is 5.47. The lowest BCUT2D eigenvalue weighted by atomic mass is 10.4. The molecule has 2 heterocycles. The second kappa shape index (κ2) is 6.10. The van der Waals surface area contributed by atoms with Gasteiger partial charge >= 0.3 is 0 Å². The van der Waals surface area contributed by atoms with Crippen LogP contribution in [0.5, 0.6) is 0 Å². The van der Waals surface area contributed by atoms with Gasteiger partial charge in [0, 0.05) is 6.54 Å². The molecule has 0 aliphatic heterocycles. The van der Waals surface area contributed by atoms with Gasteiger partial charge in [-0.2, -0.15) is 0 Å². The van der Waals surface area contributed by atoms with Gasteiger partial charge in [0.25, 0.3) is 0 Å². The maximum atomic E-state index is 11.4. The number of carbonyl (C=O) groups excluding carboxylic acids is 1. The summed E-state index contributed by atoms with van der Waals surface area (Å²) >= 11 is 1.20. The third-order valence-corrected chi connectivity index (χ3v) is 3.13. The average Bonchev–Trinajstić information content (AvgIpc) is 3.03. The minimum Gasteiger partial charge on any atom is -0.461 e. The summed E-state index contributed by atoms with van der Waals surface area (Å²) < 4.78 is 6.49. The van der Waals surface area contributed by atoms with Crippen molar-refractivity contribution in [2.24, 2.45) is 0 Å². The number of nitrogens with zero attached hydrogens (tertiary/aromatic N) is 3. The van der Waals surface area contributed by atoms with Crippen molar-refractivity contribution in [1.82, 2.24) is 20.2 Å². The Balaban J connectivity index is 1.99. The predicted octanol–water partition coefficient (Wildman–Crippen LogP) is 0.646. The van der Waals surface area contributed by atoms with E-state index in [1.165, 1.54) is 22.7 Å². The van der Waals surface area contributed by atoms with Crippen molar-refractivity contribution in [2.45, 2.75) is 5.16 Å². The van der Waals surface area contributed by atoms with Gasteiger partial charge in [0.05, 0.1) is 12.0 Å². The van der Waals surface area contributed by atoms with Crippen LogP contribution in [-0.4, -0.2) is 33.1 Å². The molecule has 100 valence electrons. The molecule has 2 rings (SSSR count). The van der Waals surface area contributed by atoms with Crippen LogP contribution in [0.2, 0.25) is 0 Å². The van der Waals surface area contributed by atoms with Crippen LogP contribution in [0.4, 0.5) is 0 Å². The fourth-order valence-electron chi connectivity index (χ4n) is 1.32. The Morgan fingerprint density at radius 2 is 2.47 bits per heavy atom. The molecule has 8 heteroatoms. The SMILES string of the molecule is C=CCNC(=O)CSc1nnc(-c2ccco2)n1N. The van der Waals surface area contributed by atoms with E-state index >= 15 is 0 Å². The van der Waals surface area contributed by atoms with E-state index in [0.29, 0.717) is 23.3 Å². The average molecular weight is 279 g/mol. The molecule has 2 aromatic rings. The zero-order valence-electron chi connectivity index (χ0n) is 10.1. The first kappa shape index (κ1) is 13.2. The summed E-state index contributed by atoms with van der Waals surface area (Å²) in [6.07, 6.45) is 3.14. The zero-order valence-corrected chi connectivity index (χ0v) is 10.9. The number of thioether (sulfide) groups is 1. The number of nitrogens with two attached hydrogens (primary N) is 1. The third-order valence-electron chi connectivity index (χ3n) is 2.18. The first-order chi connectivity index (χ1) is 9.22. The molecule has 0 aliphatic rings. The van der Waals surface area contributed by atoms with Gasteiger partial charge in [0.2, 0.25) is 16.9 Å². The Morgan fingerprint density at radius 1 is 1.63 bits per heavy atom. The molecular formula is C11H13N5O2S. The Morgan fingerprint density at radius 3 is 3.16 bits per heavy atom. The van der Waals surface area contributed by atoms with Crippen molar-refractivity contribution < 1.29 is 9.21 Å². The highest BCUT2D eigenvalue weighted by molar-refractivity contribution is 7.99. The lowest BCUT2D eigenvalue weighted by molar-refractivity contribution is -0.118. The van der Waals surface area contributed by atoms with Crippen LogP contribution in [0.25, 0.3) is 11.6 Å². The summed E-state index contributed by atoms with van der Waals surface area (Å²) in [5.41, 5.74) is 0. The van der Waals surface area contributed by atoms with E-state index in [0.717, 1.165) is 0 Å². The molecule has 19 heavy (non-hydrogen) atoms. The number of carbonyl (C=O) groups is 1. The van der Waals surface area contributed by atoms with E-state index in [1.54, 1.807) is 18.2 Å². The van der Waals surface area contributed by atoms with Gasteiger partial charge in [0.1, 0.15) is 0 Å². The standard InChI is InChI=1S/C11H13N5O2S/c1-2-5-13-9(17)7-19-11-15-14-10(16(11)12)8-4-3-6-18-8/h2-4,6H,1,5,7,12H2,(H,13,17). The van der Waals surface area contributed by atoms with E-state index in [1.807, 2.05) is 0 Å². The highest BCUT2D eigenvalue weighted by Crippen LogP contribution is 2.21. The quantitative estimate of drug-likeness (QED) is 0.457. The van der Waals surface area contributed by atoms with Crippen LogP contribution in [0, 0.1) is 0 Å². The van der Waals surface area contributed by atoms with Crippen LogP contribution < -0.4 is 11.2 Å². The Bertz CT molecular complexity index is 564. The van der Waals surface area contributed by atoms with Crippen molar-refractivity contribution in [2.75, 3.05) is 18.1 Å². The molecule has 0 atom stereocenters. The summed E-state index contributed by atoms with van der Waals surface area (Å²) in [6, 6.07) is 3.47. The predicted molar refractivity (Wildman–Crippen MR) is 71.8 cm³/mol. The number of furan rings is 1. The fraction of sp³-hybridized carbons (Fsp3) is 0.182. The molecule has 0 unspecified atom stereocenters. The van der Waals surface area contributed by atoms with Crippen molar-refractivity contribution in [3.05, 3.63) is 31.1 Å². The molecule has 0 aromatic carbocycles. The molecule has 0 aliphatic carbocycles. The van der Waals surface area contributed by atoms with Gasteiger partial charge in [-0.3, -0.25) is 4.79 Å². The topological polar surface area (TPSA) is 99.0 Å². The lowest BCUT2D eigenvalue weighted by Crippen LogP contribution is -2.25. The summed E-state index contributed by atoms with van der Waals surface area (Å²) in [5.74, 6) is 6.88. The van der Waals surface area contributed by atoms with Crippen LogP contribution >= 0.6 is 11.8 Å². The maximum Gasteiger partial charge on any atom is 0.230 e.